The molecule has 0 bridgehead atoms. The van der Waals surface area contributed by atoms with Crippen molar-refractivity contribution in [3.05, 3.63) is 54.4 Å². The molecule has 4 N–H and O–H groups in total. The van der Waals surface area contributed by atoms with Gasteiger partial charge in [-0.1, -0.05) is 6.58 Å². The molecule has 2 aliphatic rings. The second-order valence-corrected chi connectivity index (χ2v) is 12.0. The Morgan fingerprint density at radius 3 is 2.73 bits per heavy atom. The van der Waals surface area contributed by atoms with Crippen LogP contribution in [0.15, 0.2) is 42.9 Å². The van der Waals surface area contributed by atoms with E-state index < -0.39 is 74.0 Å². The molecule has 1 saturated heterocycles. The summed E-state index contributed by atoms with van der Waals surface area (Å²) in [6, 6.07) is 3.06. The van der Waals surface area contributed by atoms with Crippen molar-refractivity contribution in [1.82, 2.24) is 20.3 Å². The number of aromatic nitrogens is 1. The second-order valence-electron chi connectivity index (χ2n) is 10.3. The van der Waals surface area contributed by atoms with Gasteiger partial charge in [-0.05, 0) is 52.8 Å². The maximum atomic E-state index is 15.7. The number of ether oxygens (including phenoxy) is 2. The number of fused-ring (bicyclic) bond motifs is 1. The Labute approximate surface area is 235 Å². The number of carbonyl (C=O) groups excluding carboxylic acids is 2. The Morgan fingerprint density at radius 1 is 1.37 bits per heavy atom. The van der Waals surface area contributed by atoms with E-state index in [9.17, 15) is 19.3 Å². The van der Waals surface area contributed by atoms with Gasteiger partial charge in [0.2, 0.25) is 0 Å². The van der Waals surface area contributed by atoms with E-state index >= 15 is 8.78 Å². The average Bonchev–Trinajstić information content (AvgIpc) is 3.36. The first-order chi connectivity index (χ1) is 19.1. The van der Waals surface area contributed by atoms with Gasteiger partial charge in [0.05, 0.1) is 12.7 Å². The molecule has 0 aliphatic carbocycles. The number of amides is 1. The molecule has 2 aromatic rings. The Balaban J connectivity index is 1.57. The summed E-state index contributed by atoms with van der Waals surface area (Å²) in [5.41, 5.74) is -1.25. The minimum atomic E-state index is -4.60. The van der Waals surface area contributed by atoms with E-state index in [1.165, 1.54) is 36.2 Å². The molecule has 1 fully saturated rings. The summed E-state index contributed by atoms with van der Waals surface area (Å²) < 4.78 is 66.8. The number of nitrogens with zero attached hydrogens (tertiary/aromatic N) is 1. The van der Waals surface area contributed by atoms with Gasteiger partial charge < -0.3 is 34.3 Å². The summed E-state index contributed by atoms with van der Waals surface area (Å²) in [6.07, 6.45) is -2.73. The van der Waals surface area contributed by atoms with E-state index in [0.29, 0.717) is 11.2 Å². The number of hydrogen-bond acceptors (Lipinski definition) is 9. The number of hydrogen-bond donors (Lipinski definition) is 4. The van der Waals surface area contributed by atoms with Gasteiger partial charge in [0.15, 0.2) is 23.5 Å². The molecule has 0 radical (unpaired) electrons. The molecule has 1 aromatic carbocycles. The van der Waals surface area contributed by atoms with Gasteiger partial charge in [0.25, 0.3) is 5.91 Å². The summed E-state index contributed by atoms with van der Waals surface area (Å²) in [6.45, 7) is 10.4. The molecule has 1 amide bonds. The molecule has 4 rings (SSSR count). The first-order valence-corrected chi connectivity index (χ1v) is 14.3. The molecule has 12 nitrogen and oxygen atoms in total. The van der Waals surface area contributed by atoms with Crippen LogP contribution in [-0.2, 0) is 28.2 Å². The van der Waals surface area contributed by atoms with Crippen LogP contribution in [0.5, 0.6) is 5.75 Å². The Bertz CT molecular complexity index is 1430. The zero-order chi connectivity index (χ0) is 30.3. The van der Waals surface area contributed by atoms with Crippen LogP contribution < -0.4 is 14.9 Å². The number of nitrogens with one attached hydrogen (secondary N) is 3. The Morgan fingerprint density at radius 2 is 2.07 bits per heavy atom. The van der Waals surface area contributed by atoms with Gasteiger partial charge >= 0.3 is 13.7 Å². The fourth-order valence-corrected chi connectivity index (χ4v) is 5.93. The van der Waals surface area contributed by atoms with Crippen LogP contribution in [-0.4, -0.2) is 69.7 Å². The maximum absolute atomic E-state index is 15.7. The molecule has 15 heteroatoms. The van der Waals surface area contributed by atoms with E-state index in [4.69, 9.17) is 18.5 Å². The smallest absolute Gasteiger partial charge is 0.459 e. The predicted octanol–water partition coefficient (Wildman–Crippen LogP) is 3.28. The van der Waals surface area contributed by atoms with Crippen molar-refractivity contribution in [2.24, 2.45) is 0 Å². The van der Waals surface area contributed by atoms with E-state index in [1.54, 1.807) is 20.8 Å². The van der Waals surface area contributed by atoms with Gasteiger partial charge in [-0.2, -0.15) is 5.09 Å². The van der Waals surface area contributed by atoms with Gasteiger partial charge in [0.1, 0.15) is 24.1 Å². The van der Waals surface area contributed by atoms with Crippen molar-refractivity contribution in [3.8, 4) is 5.75 Å². The minimum absolute atomic E-state index is 0.0131. The van der Waals surface area contributed by atoms with Crippen molar-refractivity contribution in [1.29, 1.82) is 0 Å². The molecule has 1 aromatic heterocycles. The average molecular weight is 599 g/mol. The van der Waals surface area contributed by atoms with E-state index in [-0.39, 0.29) is 11.2 Å². The summed E-state index contributed by atoms with van der Waals surface area (Å²) >= 11 is 0. The quantitative estimate of drug-likeness (QED) is 0.237. The van der Waals surface area contributed by atoms with Crippen molar-refractivity contribution < 1.29 is 46.6 Å². The van der Waals surface area contributed by atoms with Crippen LogP contribution in [0.4, 0.5) is 8.78 Å². The first kappa shape index (κ1) is 30.7. The molecule has 6 atom stereocenters. The summed E-state index contributed by atoms with van der Waals surface area (Å²) in [7, 11) is -4.60. The van der Waals surface area contributed by atoms with Crippen molar-refractivity contribution in [2.75, 3.05) is 6.61 Å². The number of aryl methyl sites for hydroxylation is 1. The molecule has 0 saturated carbocycles. The van der Waals surface area contributed by atoms with Crippen molar-refractivity contribution >= 4 is 30.5 Å². The third-order valence-electron chi connectivity index (χ3n) is 6.46. The maximum Gasteiger partial charge on any atom is 0.459 e. The Kier molecular flexibility index (Phi) is 8.63. The van der Waals surface area contributed by atoms with Gasteiger partial charge in [0, 0.05) is 28.9 Å². The lowest BCUT2D eigenvalue weighted by Crippen LogP contribution is -2.51. The van der Waals surface area contributed by atoms with Gasteiger partial charge in [-0.25, -0.2) is 13.3 Å². The van der Waals surface area contributed by atoms with E-state index in [1.807, 2.05) is 0 Å². The van der Waals surface area contributed by atoms with Crippen LogP contribution in [0.3, 0.4) is 0 Å². The highest BCUT2D eigenvalue weighted by Crippen LogP contribution is 2.48. The molecule has 224 valence electrons. The molecule has 3 heterocycles. The number of H-pyrrole nitrogens is 1. The zero-order valence-electron chi connectivity index (χ0n) is 23.1. The zero-order valence-corrected chi connectivity index (χ0v) is 24.0. The minimum Gasteiger partial charge on any atom is -0.462 e. The summed E-state index contributed by atoms with van der Waals surface area (Å²) in [4.78, 5) is 28.2. The normalized spacial score (nSPS) is 26.8. The van der Waals surface area contributed by atoms with Crippen LogP contribution in [0.25, 0.3) is 10.9 Å². The van der Waals surface area contributed by atoms with Crippen LogP contribution in [0, 0.1) is 12.7 Å². The highest BCUT2D eigenvalue weighted by molar-refractivity contribution is 7.52. The summed E-state index contributed by atoms with van der Waals surface area (Å²) in [5.74, 6) is -2.52. The molecule has 0 spiro atoms. The number of alkyl halides is 1. The molecular weight excluding hydrogens is 565 g/mol. The number of carbonyl (C=O) groups is 2. The number of aliphatic hydroxyl groups excluding tert-OH is 1. The van der Waals surface area contributed by atoms with Crippen LogP contribution in [0.1, 0.15) is 33.4 Å². The molecular formula is C26H33F2N4O8P. The molecule has 2 aliphatic heterocycles. The topological polar surface area (TPSA) is 151 Å². The monoisotopic (exact) mass is 598 g/mol. The molecule has 1 unspecified atom stereocenters. The number of aromatic amines is 1. The fraction of sp³-hybridized carbons (Fsp3) is 0.462. The number of esters is 1. The fourth-order valence-electron chi connectivity index (χ4n) is 4.43. The number of halogens is 2. The standard InChI is InChI=1S/C26H33F2N4O8P/c1-13(2)38-24(35)15(4)31-41(36,40-19-8-7-18-17(22(19)27)11-14(3)29-18)37-12-20-23(34)26(6,28)25(39-20)32-10-9-21(33)30-16(32)5/h7-11,13,15,20,23,25,29,34H,5,12H2,1-4,6H3,(H,30,33)(H,31,36)/t15-,20+,23+,25+,26+,41?/m0/s1. The van der Waals surface area contributed by atoms with E-state index in [2.05, 4.69) is 22.0 Å². The third-order valence-corrected chi connectivity index (χ3v) is 8.09. The van der Waals surface area contributed by atoms with E-state index in [0.717, 1.165) is 13.0 Å². The number of rotatable bonds is 10. The van der Waals surface area contributed by atoms with Gasteiger partial charge in [-0.15, -0.1) is 0 Å². The van der Waals surface area contributed by atoms with Crippen LogP contribution in [0.2, 0.25) is 0 Å². The SMILES string of the molecule is C=C1NC(=O)C=CN1[C@@H]1O[C@H](COP(=O)(N[C@@H](C)C(=O)OC(C)C)Oc2ccc3[nH]c(C)cc3c2F)[C@@H](O)[C@@]1(C)F. The largest absolute Gasteiger partial charge is 0.462 e. The number of benzene rings is 1. The Hall–Kier alpha value is -3.29. The lowest BCUT2D eigenvalue weighted by atomic mass is 9.98. The van der Waals surface area contributed by atoms with Crippen molar-refractivity contribution in [2.45, 2.75) is 70.9 Å². The lowest BCUT2D eigenvalue weighted by molar-refractivity contribution is -0.149. The molecule has 41 heavy (non-hydrogen) atoms. The first-order valence-electron chi connectivity index (χ1n) is 12.8. The second kappa shape index (κ2) is 11.5. The van der Waals surface area contributed by atoms with Gasteiger partial charge in [-0.3, -0.25) is 14.1 Å². The van der Waals surface area contributed by atoms with Crippen LogP contribution >= 0.6 is 7.75 Å². The third kappa shape index (κ3) is 6.47. The lowest BCUT2D eigenvalue weighted by Gasteiger charge is -2.35. The number of aliphatic hydroxyl groups is 1. The summed E-state index contributed by atoms with van der Waals surface area (Å²) in [5, 5.41) is 15.7. The predicted molar refractivity (Wildman–Crippen MR) is 143 cm³/mol. The highest BCUT2D eigenvalue weighted by atomic mass is 31.2. The van der Waals surface area contributed by atoms with Crippen molar-refractivity contribution in [3.63, 3.8) is 0 Å². The highest BCUT2D eigenvalue weighted by Gasteiger charge is 2.57.